The molecular weight excluding hydrogens is 280 g/mol. The molecule has 0 amide bonds. The van der Waals surface area contributed by atoms with Crippen molar-refractivity contribution in [3.8, 4) is 17.2 Å². The molecule has 2 rings (SSSR count). The van der Waals surface area contributed by atoms with Gasteiger partial charge in [-0.1, -0.05) is 30.3 Å². The van der Waals surface area contributed by atoms with Crippen LogP contribution in [0.1, 0.15) is 16.7 Å². The minimum absolute atomic E-state index is 0.247. The molecule has 0 aromatic heterocycles. The van der Waals surface area contributed by atoms with Crippen LogP contribution in [0.5, 0.6) is 17.2 Å². The van der Waals surface area contributed by atoms with Crippen molar-refractivity contribution in [2.45, 2.75) is 20.0 Å². The molecule has 0 saturated carbocycles. The summed E-state index contributed by atoms with van der Waals surface area (Å²) in [7, 11) is 3.18. The van der Waals surface area contributed by atoms with E-state index in [1.807, 2.05) is 43.3 Å². The van der Waals surface area contributed by atoms with Crippen LogP contribution >= 0.6 is 0 Å². The van der Waals surface area contributed by atoms with Crippen LogP contribution in [0, 0.1) is 6.92 Å². The van der Waals surface area contributed by atoms with Gasteiger partial charge in [-0.05, 0) is 18.6 Å². The lowest BCUT2D eigenvalue weighted by atomic mass is 10.1. The molecule has 116 valence electrons. The summed E-state index contributed by atoms with van der Waals surface area (Å²) in [4.78, 5) is 10.9. The topological polar surface area (TPSA) is 44.8 Å². The van der Waals surface area contributed by atoms with Gasteiger partial charge in [0, 0.05) is 17.5 Å². The van der Waals surface area contributed by atoms with Crippen molar-refractivity contribution in [2.75, 3.05) is 14.2 Å². The van der Waals surface area contributed by atoms with Crippen LogP contribution in [0.4, 0.5) is 0 Å². The van der Waals surface area contributed by atoms with Gasteiger partial charge in [0.2, 0.25) is 0 Å². The normalized spacial score (nSPS) is 10.1. The highest BCUT2D eigenvalue weighted by atomic mass is 16.5. The smallest absolute Gasteiger partial charge is 0.167 e. The average molecular weight is 300 g/mol. The summed E-state index contributed by atoms with van der Waals surface area (Å²) in [5, 5.41) is 0. The highest BCUT2D eigenvalue weighted by Gasteiger charge is 2.18. The molecule has 0 radical (unpaired) electrons. The largest absolute Gasteiger partial charge is 0.496 e. The molecular formula is C18H20O4. The van der Waals surface area contributed by atoms with Gasteiger partial charge in [0.15, 0.2) is 11.5 Å². The molecule has 0 saturated heterocycles. The number of aldehydes is 1. The predicted octanol–water partition coefficient (Wildman–Crippen LogP) is 3.33. The van der Waals surface area contributed by atoms with E-state index in [0.717, 1.165) is 23.0 Å². The number of carbonyl (C=O) groups is 1. The third-order valence-corrected chi connectivity index (χ3v) is 3.47. The van der Waals surface area contributed by atoms with E-state index >= 15 is 0 Å². The second-order valence-electron chi connectivity index (χ2n) is 4.87. The minimum atomic E-state index is 0.247. The lowest BCUT2D eigenvalue weighted by Crippen LogP contribution is -2.04. The Hall–Kier alpha value is -2.49. The molecule has 22 heavy (non-hydrogen) atoms. The summed E-state index contributed by atoms with van der Waals surface area (Å²) in [5.41, 5.74) is 2.66. The molecule has 0 heterocycles. The Morgan fingerprint density at radius 2 is 1.77 bits per heavy atom. The van der Waals surface area contributed by atoms with E-state index in [-0.39, 0.29) is 6.42 Å². The van der Waals surface area contributed by atoms with Gasteiger partial charge in [-0.3, -0.25) is 0 Å². The van der Waals surface area contributed by atoms with Gasteiger partial charge in [0.25, 0.3) is 0 Å². The van der Waals surface area contributed by atoms with Crippen LogP contribution in [0.15, 0.2) is 36.4 Å². The summed E-state index contributed by atoms with van der Waals surface area (Å²) in [6, 6.07) is 11.7. The maximum Gasteiger partial charge on any atom is 0.167 e. The molecule has 0 bridgehead atoms. The molecule has 0 aliphatic heterocycles. The first-order valence-corrected chi connectivity index (χ1v) is 7.06. The summed E-state index contributed by atoms with van der Waals surface area (Å²) in [6.45, 7) is 2.31. The first-order valence-electron chi connectivity index (χ1n) is 7.06. The van der Waals surface area contributed by atoms with Gasteiger partial charge in [0.05, 0.1) is 14.2 Å². The summed E-state index contributed by atoms with van der Waals surface area (Å²) in [6.07, 6.45) is 1.09. The van der Waals surface area contributed by atoms with E-state index in [9.17, 15) is 4.79 Å². The second-order valence-corrected chi connectivity index (χ2v) is 4.87. The number of ether oxygens (including phenoxy) is 3. The molecule has 2 aromatic rings. The number of hydrogen-bond acceptors (Lipinski definition) is 4. The highest BCUT2D eigenvalue weighted by Crippen LogP contribution is 2.40. The van der Waals surface area contributed by atoms with Crippen LogP contribution in [0.2, 0.25) is 0 Å². The van der Waals surface area contributed by atoms with Crippen molar-refractivity contribution in [2.24, 2.45) is 0 Å². The standard InChI is InChI=1S/C18H20O4/c1-13-16(20-2)11-15(9-10-19)18(17(13)21-3)22-12-14-7-5-4-6-8-14/h4-8,10-11H,9,12H2,1-3H3. The zero-order chi connectivity index (χ0) is 15.9. The third-order valence-electron chi connectivity index (χ3n) is 3.47. The summed E-state index contributed by atoms with van der Waals surface area (Å²) >= 11 is 0. The van der Waals surface area contributed by atoms with E-state index in [0.29, 0.717) is 23.9 Å². The third kappa shape index (κ3) is 3.39. The first-order chi connectivity index (χ1) is 10.7. The summed E-state index contributed by atoms with van der Waals surface area (Å²) < 4.78 is 16.8. The van der Waals surface area contributed by atoms with Crippen molar-refractivity contribution in [3.05, 3.63) is 53.1 Å². The van der Waals surface area contributed by atoms with Crippen molar-refractivity contribution >= 4 is 6.29 Å². The van der Waals surface area contributed by atoms with Gasteiger partial charge in [-0.25, -0.2) is 0 Å². The lowest BCUT2D eigenvalue weighted by Gasteiger charge is -2.18. The van der Waals surface area contributed by atoms with Gasteiger partial charge in [0.1, 0.15) is 18.6 Å². The highest BCUT2D eigenvalue weighted by molar-refractivity contribution is 5.64. The molecule has 0 aliphatic carbocycles. The fourth-order valence-electron chi connectivity index (χ4n) is 2.35. The molecule has 0 fully saturated rings. The van der Waals surface area contributed by atoms with Crippen LogP contribution < -0.4 is 14.2 Å². The zero-order valence-electron chi connectivity index (χ0n) is 13.1. The average Bonchev–Trinajstić information content (AvgIpc) is 2.55. The van der Waals surface area contributed by atoms with Crippen LogP contribution in [-0.4, -0.2) is 20.5 Å². The van der Waals surface area contributed by atoms with Crippen molar-refractivity contribution in [1.82, 2.24) is 0 Å². The Morgan fingerprint density at radius 1 is 1.05 bits per heavy atom. The Labute approximate surface area is 130 Å². The van der Waals surface area contributed by atoms with E-state index in [4.69, 9.17) is 14.2 Å². The van der Waals surface area contributed by atoms with Crippen molar-refractivity contribution in [1.29, 1.82) is 0 Å². The Kier molecular flexibility index (Phi) is 5.42. The molecule has 0 spiro atoms. The number of carbonyl (C=O) groups excluding carboxylic acids is 1. The first kappa shape index (κ1) is 15.9. The lowest BCUT2D eigenvalue weighted by molar-refractivity contribution is -0.107. The SMILES string of the molecule is COc1cc(CC=O)c(OCc2ccccc2)c(OC)c1C. The van der Waals surface area contributed by atoms with Crippen LogP contribution in [-0.2, 0) is 17.8 Å². The molecule has 2 aromatic carbocycles. The van der Waals surface area contributed by atoms with E-state index in [1.54, 1.807) is 14.2 Å². The molecule has 4 heteroatoms. The van der Waals surface area contributed by atoms with Crippen LogP contribution in [0.25, 0.3) is 0 Å². The molecule has 4 nitrogen and oxygen atoms in total. The Balaban J connectivity index is 2.38. The number of hydrogen-bond donors (Lipinski definition) is 0. The quantitative estimate of drug-likeness (QED) is 0.736. The Morgan fingerprint density at radius 3 is 2.36 bits per heavy atom. The molecule has 0 aliphatic rings. The second kappa shape index (κ2) is 7.50. The van der Waals surface area contributed by atoms with Crippen molar-refractivity contribution < 1.29 is 19.0 Å². The molecule has 0 N–H and O–H groups in total. The number of rotatable bonds is 7. The Bertz CT molecular complexity index is 635. The van der Waals surface area contributed by atoms with Gasteiger partial charge >= 0.3 is 0 Å². The predicted molar refractivity (Wildman–Crippen MR) is 84.8 cm³/mol. The van der Waals surface area contributed by atoms with Gasteiger partial charge in [-0.15, -0.1) is 0 Å². The molecule has 0 unspecified atom stereocenters. The maximum atomic E-state index is 10.9. The fourth-order valence-corrected chi connectivity index (χ4v) is 2.35. The van der Waals surface area contributed by atoms with Crippen molar-refractivity contribution in [3.63, 3.8) is 0 Å². The molecule has 0 atom stereocenters. The monoisotopic (exact) mass is 300 g/mol. The van der Waals surface area contributed by atoms with E-state index in [1.165, 1.54) is 0 Å². The fraction of sp³-hybridized carbons (Fsp3) is 0.278. The minimum Gasteiger partial charge on any atom is -0.496 e. The van der Waals surface area contributed by atoms with E-state index in [2.05, 4.69) is 0 Å². The summed E-state index contributed by atoms with van der Waals surface area (Å²) in [5.74, 6) is 1.88. The number of methoxy groups -OCH3 is 2. The van der Waals surface area contributed by atoms with Crippen LogP contribution in [0.3, 0.4) is 0 Å². The zero-order valence-corrected chi connectivity index (χ0v) is 13.1. The number of benzene rings is 2. The maximum absolute atomic E-state index is 10.9. The van der Waals surface area contributed by atoms with E-state index < -0.39 is 0 Å². The van der Waals surface area contributed by atoms with Gasteiger partial charge < -0.3 is 19.0 Å². The van der Waals surface area contributed by atoms with Gasteiger partial charge in [-0.2, -0.15) is 0 Å².